The Labute approximate surface area is 127 Å². The lowest BCUT2D eigenvalue weighted by molar-refractivity contribution is 0.0620. The highest BCUT2D eigenvalue weighted by Gasteiger charge is 2.34. The zero-order valence-electron chi connectivity index (χ0n) is 11.6. The maximum Gasteiger partial charge on any atom is 0.251 e. The van der Waals surface area contributed by atoms with Gasteiger partial charge in [-0.2, -0.15) is 0 Å². The van der Waals surface area contributed by atoms with Crippen LogP contribution in [0.1, 0.15) is 23.2 Å². The second-order valence-electron chi connectivity index (χ2n) is 5.96. The molecule has 2 aromatic heterocycles. The molecule has 21 heavy (non-hydrogen) atoms. The molecule has 1 N–H and O–H groups in total. The summed E-state index contributed by atoms with van der Waals surface area (Å²) in [4.78, 5) is 19.1. The van der Waals surface area contributed by atoms with Crippen molar-refractivity contribution < 1.29 is 4.79 Å². The highest BCUT2D eigenvalue weighted by molar-refractivity contribution is 6.29. The van der Waals surface area contributed by atoms with Gasteiger partial charge in [0.05, 0.1) is 0 Å². The van der Waals surface area contributed by atoms with Crippen molar-refractivity contribution >= 4 is 23.2 Å². The number of piperidine rings is 3. The van der Waals surface area contributed by atoms with Crippen LogP contribution in [0.5, 0.6) is 0 Å². The van der Waals surface area contributed by atoms with E-state index < -0.39 is 0 Å². The molecule has 3 aliphatic heterocycles. The molecule has 5 rings (SSSR count). The molecule has 0 spiro atoms. The van der Waals surface area contributed by atoms with Crippen molar-refractivity contribution in [1.82, 2.24) is 19.6 Å². The maximum absolute atomic E-state index is 12.4. The fourth-order valence-electron chi connectivity index (χ4n) is 3.47. The van der Waals surface area contributed by atoms with Crippen molar-refractivity contribution in [3.05, 3.63) is 35.2 Å². The SMILES string of the molecule is O=C(N[C@H]1CN2CCC1CC2)c1ccn2cc(Cl)nc2c1. The van der Waals surface area contributed by atoms with Crippen molar-refractivity contribution in [3.8, 4) is 0 Å². The first-order chi connectivity index (χ1) is 10.2. The van der Waals surface area contributed by atoms with Gasteiger partial charge in [-0.25, -0.2) is 4.98 Å². The van der Waals surface area contributed by atoms with Crippen molar-refractivity contribution in [2.24, 2.45) is 5.92 Å². The van der Waals surface area contributed by atoms with Crippen LogP contribution in [0.3, 0.4) is 0 Å². The Kier molecular flexibility index (Phi) is 3.12. The van der Waals surface area contributed by atoms with E-state index in [0.717, 1.165) is 6.54 Å². The predicted molar refractivity (Wildman–Crippen MR) is 80.6 cm³/mol. The van der Waals surface area contributed by atoms with E-state index in [1.54, 1.807) is 12.3 Å². The first kappa shape index (κ1) is 13.1. The fraction of sp³-hybridized carbons (Fsp3) is 0.467. The number of halogens is 1. The minimum Gasteiger partial charge on any atom is -0.348 e. The van der Waals surface area contributed by atoms with Crippen LogP contribution in [0.2, 0.25) is 5.15 Å². The molecule has 2 aromatic rings. The summed E-state index contributed by atoms with van der Waals surface area (Å²) in [5.41, 5.74) is 1.34. The van der Waals surface area contributed by atoms with Crippen LogP contribution in [-0.4, -0.2) is 45.9 Å². The van der Waals surface area contributed by atoms with Crippen molar-refractivity contribution in [2.45, 2.75) is 18.9 Å². The summed E-state index contributed by atoms with van der Waals surface area (Å²) in [6, 6.07) is 3.86. The number of nitrogens with zero attached hydrogens (tertiary/aromatic N) is 3. The molecule has 3 saturated heterocycles. The standard InChI is InChI=1S/C15H17ClN4O/c16-13-9-20-6-3-11(7-14(20)18-13)15(21)17-12-8-19-4-1-10(12)2-5-19/h3,6-7,9-10,12H,1-2,4-5,8H2,(H,17,21)/t12-/m0/s1. The maximum atomic E-state index is 12.4. The van der Waals surface area contributed by atoms with Crippen LogP contribution in [0.4, 0.5) is 0 Å². The number of pyridine rings is 1. The van der Waals surface area contributed by atoms with Gasteiger partial charge in [-0.15, -0.1) is 0 Å². The molecule has 6 heteroatoms. The molecular weight excluding hydrogens is 288 g/mol. The van der Waals surface area contributed by atoms with Crippen LogP contribution < -0.4 is 5.32 Å². The Morgan fingerprint density at radius 3 is 2.90 bits per heavy atom. The second kappa shape index (κ2) is 5.00. The molecule has 0 aromatic carbocycles. The lowest BCUT2D eigenvalue weighted by Crippen LogP contribution is -2.57. The molecule has 0 saturated carbocycles. The minimum absolute atomic E-state index is 0.0182. The van der Waals surface area contributed by atoms with E-state index in [2.05, 4.69) is 15.2 Å². The van der Waals surface area contributed by atoms with Crippen LogP contribution in [0.15, 0.2) is 24.5 Å². The van der Waals surface area contributed by atoms with E-state index in [0.29, 0.717) is 22.3 Å². The Morgan fingerprint density at radius 1 is 1.38 bits per heavy atom. The fourth-order valence-corrected chi connectivity index (χ4v) is 3.66. The third-order valence-electron chi connectivity index (χ3n) is 4.67. The molecule has 2 bridgehead atoms. The molecule has 0 aliphatic carbocycles. The summed E-state index contributed by atoms with van der Waals surface area (Å²) in [5, 5.41) is 3.62. The normalized spacial score (nSPS) is 28.0. The second-order valence-corrected chi connectivity index (χ2v) is 6.35. The van der Waals surface area contributed by atoms with E-state index in [4.69, 9.17) is 11.6 Å². The molecule has 5 heterocycles. The molecular formula is C15H17ClN4O. The van der Waals surface area contributed by atoms with Gasteiger partial charge in [-0.1, -0.05) is 11.6 Å². The van der Waals surface area contributed by atoms with Crippen LogP contribution >= 0.6 is 11.6 Å². The van der Waals surface area contributed by atoms with E-state index in [9.17, 15) is 4.79 Å². The summed E-state index contributed by atoms with van der Waals surface area (Å²) in [7, 11) is 0. The van der Waals surface area contributed by atoms with E-state index >= 15 is 0 Å². The first-order valence-corrected chi connectivity index (χ1v) is 7.74. The number of fused-ring (bicyclic) bond motifs is 4. The largest absolute Gasteiger partial charge is 0.348 e. The van der Waals surface area contributed by atoms with Gasteiger partial charge >= 0.3 is 0 Å². The van der Waals surface area contributed by atoms with Crippen LogP contribution in [-0.2, 0) is 0 Å². The van der Waals surface area contributed by atoms with Crippen molar-refractivity contribution in [2.75, 3.05) is 19.6 Å². The molecule has 110 valence electrons. The van der Waals surface area contributed by atoms with E-state index in [1.807, 2.05) is 16.7 Å². The number of imidazole rings is 1. The van der Waals surface area contributed by atoms with Gasteiger partial charge < -0.3 is 14.6 Å². The topological polar surface area (TPSA) is 49.6 Å². The third kappa shape index (κ3) is 2.40. The molecule has 1 amide bonds. The summed E-state index contributed by atoms with van der Waals surface area (Å²) >= 11 is 5.88. The molecule has 1 atom stereocenters. The zero-order chi connectivity index (χ0) is 14.4. The van der Waals surface area contributed by atoms with E-state index in [-0.39, 0.29) is 11.9 Å². The van der Waals surface area contributed by atoms with Crippen LogP contribution in [0.25, 0.3) is 5.65 Å². The number of hydrogen-bond donors (Lipinski definition) is 1. The van der Waals surface area contributed by atoms with Gasteiger partial charge in [0, 0.05) is 30.5 Å². The Balaban J connectivity index is 1.53. The monoisotopic (exact) mass is 304 g/mol. The van der Waals surface area contributed by atoms with Crippen molar-refractivity contribution in [1.29, 1.82) is 0 Å². The molecule has 3 aliphatic rings. The smallest absolute Gasteiger partial charge is 0.251 e. The summed E-state index contributed by atoms with van der Waals surface area (Å²) in [5.74, 6) is 0.610. The highest BCUT2D eigenvalue weighted by atomic mass is 35.5. The third-order valence-corrected chi connectivity index (χ3v) is 4.85. The number of rotatable bonds is 2. The number of carbonyl (C=O) groups is 1. The van der Waals surface area contributed by atoms with Gasteiger partial charge in [0.1, 0.15) is 10.8 Å². The number of carbonyl (C=O) groups excluding carboxylic acids is 1. The highest BCUT2D eigenvalue weighted by Crippen LogP contribution is 2.27. The number of hydrogen-bond acceptors (Lipinski definition) is 3. The van der Waals surface area contributed by atoms with Gasteiger partial charge in [0.25, 0.3) is 5.91 Å². The van der Waals surface area contributed by atoms with Crippen LogP contribution in [0, 0.1) is 5.92 Å². The zero-order valence-corrected chi connectivity index (χ0v) is 12.4. The van der Waals surface area contributed by atoms with Gasteiger partial charge in [-0.3, -0.25) is 4.79 Å². The molecule has 5 nitrogen and oxygen atoms in total. The molecule has 3 fully saturated rings. The quantitative estimate of drug-likeness (QED) is 0.920. The molecule has 0 radical (unpaired) electrons. The van der Waals surface area contributed by atoms with Gasteiger partial charge in [0.2, 0.25) is 0 Å². The van der Waals surface area contributed by atoms with Gasteiger partial charge in [0.15, 0.2) is 0 Å². The Hall–Kier alpha value is -1.59. The van der Waals surface area contributed by atoms with Gasteiger partial charge in [-0.05, 0) is 44.0 Å². The number of aromatic nitrogens is 2. The van der Waals surface area contributed by atoms with E-state index in [1.165, 1.54) is 25.9 Å². The number of amides is 1. The predicted octanol–water partition coefficient (Wildman–Crippen LogP) is 1.81. The summed E-state index contributed by atoms with van der Waals surface area (Å²) in [6.45, 7) is 3.33. The lowest BCUT2D eigenvalue weighted by Gasteiger charge is -2.44. The molecule has 0 unspecified atom stereocenters. The first-order valence-electron chi connectivity index (χ1n) is 7.36. The minimum atomic E-state index is -0.0182. The lowest BCUT2D eigenvalue weighted by atomic mass is 9.84. The summed E-state index contributed by atoms with van der Waals surface area (Å²) in [6.07, 6.45) is 5.94. The number of nitrogens with one attached hydrogen (secondary N) is 1. The summed E-state index contributed by atoms with van der Waals surface area (Å²) < 4.78 is 1.81. The Morgan fingerprint density at radius 2 is 2.19 bits per heavy atom. The average molecular weight is 305 g/mol. The van der Waals surface area contributed by atoms with Crippen molar-refractivity contribution in [3.63, 3.8) is 0 Å². The Bertz CT molecular complexity index is 690. The average Bonchev–Trinajstić information content (AvgIpc) is 2.87.